The van der Waals surface area contributed by atoms with E-state index in [0.29, 0.717) is 29.8 Å². The molecule has 0 N–H and O–H groups in total. The largest absolute Gasteiger partial charge is 0.331 e. The first kappa shape index (κ1) is 20.3. The fraction of sp³-hybridized carbons (Fsp3) is 0.167. The molecule has 2 heterocycles. The van der Waals surface area contributed by atoms with Crippen molar-refractivity contribution in [3.8, 4) is 0 Å². The van der Waals surface area contributed by atoms with Gasteiger partial charge in [0, 0.05) is 36.5 Å². The van der Waals surface area contributed by atoms with Crippen LogP contribution in [0.2, 0.25) is 0 Å². The maximum Gasteiger partial charge on any atom is 0.331 e. The molecule has 0 fully saturated rings. The quantitative estimate of drug-likeness (QED) is 0.486. The summed E-state index contributed by atoms with van der Waals surface area (Å²) in [6.45, 7) is 2.28. The van der Waals surface area contributed by atoms with Crippen LogP contribution in [-0.4, -0.2) is 24.6 Å². The SMILES string of the molecule is Cc1cn(CCc2cn(C(=O)c3ccccc3)cn2)c(=O)n(Cc2ccccc2)c1=O. The number of aryl methyl sites for hydroxylation is 3. The van der Waals surface area contributed by atoms with Crippen LogP contribution in [0.15, 0.2) is 89.0 Å². The molecule has 0 saturated heterocycles. The summed E-state index contributed by atoms with van der Waals surface area (Å²) in [6, 6.07) is 18.4. The maximum atomic E-state index is 12.9. The lowest BCUT2D eigenvalue weighted by atomic mass is 10.2. The van der Waals surface area contributed by atoms with Gasteiger partial charge in [-0.1, -0.05) is 48.5 Å². The van der Waals surface area contributed by atoms with E-state index in [1.807, 2.05) is 48.5 Å². The molecule has 2 aromatic carbocycles. The minimum Gasteiger partial charge on any atom is -0.300 e. The van der Waals surface area contributed by atoms with Crippen LogP contribution in [0.25, 0.3) is 0 Å². The van der Waals surface area contributed by atoms with Crippen LogP contribution in [0.1, 0.15) is 27.2 Å². The van der Waals surface area contributed by atoms with Crippen molar-refractivity contribution >= 4 is 5.91 Å². The van der Waals surface area contributed by atoms with E-state index in [4.69, 9.17) is 0 Å². The van der Waals surface area contributed by atoms with Gasteiger partial charge in [0.25, 0.3) is 11.5 Å². The minimum atomic E-state index is -0.362. The van der Waals surface area contributed by atoms with Gasteiger partial charge in [-0.3, -0.25) is 23.3 Å². The standard InChI is InChI=1S/C24H22N4O3/c1-18-14-26(24(31)28(22(18)29)15-19-8-4-2-5-9-19)13-12-21-16-27(17-25-21)23(30)20-10-6-3-7-11-20/h2-11,14,16-17H,12-13,15H2,1H3. The molecule has 0 bridgehead atoms. The molecule has 0 unspecified atom stereocenters. The predicted molar refractivity (Wildman–Crippen MR) is 117 cm³/mol. The van der Waals surface area contributed by atoms with E-state index in [1.165, 1.54) is 20.0 Å². The van der Waals surface area contributed by atoms with E-state index >= 15 is 0 Å². The topological polar surface area (TPSA) is 78.9 Å². The maximum absolute atomic E-state index is 12.9. The molecule has 156 valence electrons. The lowest BCUT2D eigenvalue weighted by Crippen LogP contribution is -2.41. The highest BCUT2D eigenvalue weighted by molar-refractivity contribution is 5.95. The first-order valence-electron chi connectivity index (χ1n) is 10.0. The van der Waals surface area contributed by atoms with Gasteiger partial charge in [0.15, 0.2) is 0 Å². The lowest BCUT2D eigenvalue weighted by molar-refractivity contribution is 0.0959. The normalized spacial score (nSPS) is 10.9. The summed E-state index contributed by atoms with van der Waals surface area (Å²) in [5, 5.41) is 0. The summed E-state index contributed by atoms with van der Waals surface area (Å²) in [4.78, 5) is 42.3. The Balaban J connectivity index is 1.53. The van der Waals surface area contributed by atoms with Crippen LogP contribution in [-0.2, 0) is 19.5 Å². The summed E-state index contributed by atoms with van der Waals surface area (Å²) in [7, 11) is 0. The second-order valence-corrected chi connectivity index (χ2v) is 7.36. The lowest BCUT2D eigenvalue weighted by Gasteiger charge is -2.11. The number of nitrogens with zero attached hydrogens (tertiary/aromatic N) is 4. The van der Waals surface area contributed by atoms with Gasteiger partial charge in [-0.25, -0.2) is 9.78 Å². The van der Waals surface area contributed by atoms with Crippen molar-refractivity contribution in [1.29, 1.82) is 0 Å². The summed E-state index contributed by atoms with van der Waals surface area (Å²) < 4.78 is 4.22. The number of imidazole rings is 1. The van der Waals surface area contributed by atoms with E-state index in [0.717, 1.165) is 5.56 Å². The molecule has 0 atom stereocenters. The van der Waals surface area contributed by atoms with Gasteiger partial charge in [-0.05, 0) is 24.6 Å². The van der Waals surface area contributed by atoms with Crippen LogP contribution >= 0.6 is 0 Å². The highest BCUT2D eigenvalue weighted by Gasteiger charge is 2.12. The predicted octanol–water partition coefficient (Wildman–Crippen LogP) is 2.49. The monoisotopic (exact) mass is 414 g/mol. The molecule has 7 nitrogen and oxygen atoms in total. The molecule has 7 heteroatoms. The van der Waals surface area contributed by atoms with Gasteiger partial charge in [-0.15, -0.1) is 0 Å². The van der Waals surface area contributed by atoms with Gasteiger partial charge in [0.2, 0.25) is 0 Å². The summed E-state index contributed by atoms with van der Waals surface area (Å²) in [5.74, 6) is -0.163. The Labute approximate surface area is 178 Å². The van der Waals surface area contributed by atoms with Crippen molar-refractivity contribution in [2.75, 3.05) is 0 Å². The Hall–Kier alpha value is -4.00. The number of rotatable bonds is 6. The van der Waals surface area contributed by atoms with Gasteiger partial charge in [-0.2, -0.15) is 0 Å². The fourth-order valence-corrected chi connectivity index (χ4v) is 3.43. The van der Waals surface area contributed by atoms with Crippen molar-refractivity contribution in [3.05, 3.63) is 123 Å². The van der Waals surface area contributed by atoms with E-state index in [-0.39, 0.29) is 23.7 Å². The zero-order valence-electron chi connectivity index (χ0n) is 17.1. The van der Waals surface area contributed by atoms with Gasteiger partial charge >= 0.3 is 5.69 Å². The fourth-order valence-electron chi connectivity index (χ4n) is 3.43. The van der Waals surface area contributed by atoms with Crippen LogP contribution in [0.4, 0.5) is 0 Å². The van der Waals surface area contributed by atoms with Gasteiger partial charge in [0.05, 0.1) is 12.2 Å². The Morgan fingerprint density at radius 1 is 0.935 bits per heavy atom. The molecule has 4 aromatic rings. The van der Waals surface area contributed by atoms with Crippen LogP contribution in [0.3, 0.4) is 0 Å². The Bertz CT molecular complexity index is 1320. The number of hydrogen-bond acceptors (Lipinski definition) is 4. The second kappa shape index (κ2) is 8.79. The Morgan fingerprint density at radius 3 is 2.32 bits per heavy atom. The number of carbonyl (C=O) groups excluding carboxylic acids is 1. The third-order valence-electron chi connectivity index (χ3n) is 5.09. The van der Waals surface area contributed by atoms with E-state index in [9.17, 15) is 14.4 Å². The van der Waals surface area contributed by atoms with Gasteiger partial charge in [0.1, 0.15) is 6.33 Å². The second-order valence-electron chi connectivity index (χ2n) is 7.36. The first-order chi connectivity index (χ1) is 15.0. The highest BCUT2D eigenvalue weighted by Crippen LogP contribution is 2.06. The number of aromatic nitrogens is 4. The molecule has 4 rings (SSSR count). The Morgan fingerprint density at radius 2 is 1.61 bits per heavy atom. The van der Waals surface area contributed by atoms with E-state index in [1.54, 1.807) is 31.5 Å². The van der Waals surface area contributed by atoms with Crippen molar-refractivity contribution < 1.29 is 4.79 Å². The zero-order chi connectivity index (χ0) is 21.8. The van der Waals surface area contributed by atoms with Crippen LogP contribution < -0.4 is 11.2 Å². The molecule has 0 amide bonds. The van der Waals surface area contributed by atoms with Crippen molar-refractivity contribution in [2.45, 2.75) is 26.4 Å². The van der Waals surface area contributed by atoms with Crippen LogP contribution in [0.5, 0.6) is 0 Å². The Kier molecular flexibility index (Phi) is 5.75. The number of carbonyl (C=O) groups is 1. The summed E-state index contributed by atoms with van der Waals surface area (Å²) >= 11 is 0. The molecule has 0 spiro atoms. The molecule has 31 heavy (non-hydrogen) atoms. The first-order valence-corrected chi connectivity index (χ1v) is 10.0. The number of hydrogen-bond donors (Lipinski definition) is 0. The minimum absolute atomic E-state index is 0.163. The average Bonchev–Trinajstić information content (AvgIpc) is 3.28. The van der Waals surface area contributed by atoms with Crippen molar-refractivity contribution in [3.63, 3.8) is 0 Å². The highest BCUT2D eigenvalue weighted by atomic mass is 16.2. The smallest absolute Gasteiger partial charge is 0.300 e. The van der Waals surface area contributed by atoms with E-state index < -0.39 is 0 Å². The molecule has 0 radical (unpaired) electrons. The molecular weight excluding hydrogens is 392 g/mol. The summed E-state index contributed by atoms with van der Waals surface area (Å²) in [6.07, 6.45) is 5.19. The van der Waals surface area contributed by atoms with E-state index in [2.05, 4.69) is 4.98 Å². The van der Waals surface area contributed by atoms with Crippen molar-refractivity contribution in [2.24, 2.45) is 0 Å². The molecule has 0 aliphatic rings. The molecule has 0 aliphatic carbocycles. The third kappa shape index (κ3) is 4.45. The van der Waals surface area contributed by atoms with Crippen LogP contribution in [0, 0.1) is 6.92 Å². The van der Waals surface area contributed by atoms with Gasteiger partial charge < -0.3 is 0 Å². The summed E-state index contributed by atoms with van der Waals surface area (Å²) in [5.41, 5.74) is 2.00. The van der Waals surface area contributed by atoms with Crippen molar-refractivity contribution in [1.82, 2.24) is 18.7 Å². The molecule has 0 aliphatic heterocycles. The molecule has 2 aromatic heterocycles. The third-order valence-corrected chi connectivity index (χ3v) is 5.09. The average molecular weight is 414 g/mol. The number of benzene rings is 2. The zero-order valence-corrected chi connectivity index (χ0v) is 17.1. The molecular formula is C24H22N4O3. The molecule has 0 saturated carbocycles.